The van der Waals surface area contributed by atoms with Gasteiger partial charge in [0.2, 0.25) is 0 Å². The van der Waals surface area contributed by atoms with Crippen LogP contribution in [0.5, 0.6) is 0 Å². The summed E-state index contributed by atoms with van der Waals surface area (Å²) in [5.74, 6) is 0.427. The van der Waals surface area contributed by atoms with E-state index in [1.807, 2.05) is 66.5 Å². The van der Waals surface area contributed by atoms with Crippen LogP contribution in [0, 0.1) is 5.82 Å². The van der Waals surface area contributed by atoms with Crippen LogP contribution in [0.1, 0.15) is 17.5 Å². The molecule has 1 N–H and O–H groups in total. The molecule has 0 radical (unpaired) electrons. The zero-order chi connectivity index (χ0) is 20.2. The number of aromatic nitrogens is 2. The van der Waals surface area contributed by atoms with Crippen molar-refractivity contribution >= 4 is 11.5 Å². The average Bonchev–Trinajstić information content (AvgIpc) is 2.79. The Morgan fingerprint density at radius 3 is 2.14 bits per heavy atom. The zero-order valence-corrected chi connectivity index (χ0v) is 15.9. The minimum Gasteiger partial charge on any atom is -0.380 e. The maximum absolute atomic E-state index is 13.2. The van der Waals surface area contributed by atoms with E-state index in [2.05, 4.69) is 9.97 Å². The molecule has 5 heteroatoms. The van der Waals surface area contributed by atoms with E-state index >= 15 is 0 Å². The van der Waals surface area contributed by atoms with Gasteiger partial charge in [-0.1, -0.05) is 30.3 Å². The van der Waals surface area contributed by atoms with E-state index in [9.17, 15) is 9.50 Å². The van der Waals surface area contributed by atoms with Crippen molar-refractivity contribution in [3.63, 3.8) is 0 Å². The number of benzene rings is 2. The minimum atomic E-state index is -0.973. The van der Waals surface area contributed by atoms with Crippen molar-refractivity contribution < 1.29 is 9.50 Å². The first-order valence-electron chi connectivity index (χ1n) is 9.28. The maximum atomic E-state index is 13.2. The second-order valence-corrected chi connectivity index (χ2v) is 6.67. The monoisotopic (exact) mass is 385 g/mol. The predicted octanol–water partition coefficient (Wildman–Crippen LogP) is 5.13. The summed E-state index contributed by atoms with van der Waals surface area (Å²) in [7, 11) is 1.93. The lowest BCUT2D eigenvalue weighted by atomic mass is 10.1. The third kappa shape index (κ3) is 4.15. The molecule has 2 aromatic heterocycles. The van der Waals surface area contributed by atoms with E-state index in [4.69, 9.17) is 0 Å². The van der Waals surface area contributed by atoms with Crippen LogP contribution in [0.15, 0.2) is 91.0 Å². The van der Waals surface area contributed by atoms with Crippen molar-refractivity contribution in [2.75, 3.05) is 11.9 Å². The molecule has 0 saturated heterocycles. The summed E-state index contributed by atoms with van der Waals surface area (Å²) in [6, 6.07) is 27.0. The van der Waals surface area contributed by atoms with Crippen LogP contribution >= 0.6 is 0 Å². The molecule has 2 aromatic carbocycles. The van der Waals surface area contributed by atoms with E-state index in [-0.39, 0.29) is 5.82 Å². The van der Waals surface area contributed by atoms with Gasteiger partial charge in [-0.25, -0.2) is 14.4 Å². The molecule has 144 valence electrons. The van der Waals surface area contributed by atoms with Gasteiger partial charge in [0.25, 0.3) is 0 Å². The molecular formula is C24H20FN3O. The van der Waals surface area contributed by atoms with Crippen LogP contribution in [0.3, 0.4) is 0 Å². The van der Waals surface area contributed by atoms with Crippen molar-refractivity contribution in [2.45, 2.75) is 6.10 Å². The normalized spacial score (nSPS) is 11.8. The Bertz CT molecular complexity index is 1100. The van der Waals surface area contributed by atoms with E-state index in [0.717, 1.165) is 17.1 Å². The number of hydrogen-bond donors (Lipinski definition) is 1. The second-order valence-electron chi connectivity index (χ2n) is 6.67. The molecule has 0 aliphatic rings. The highest BCUT2D eigenvalue weighted by molar-refractivity contribution is 5.60. The minimum absolute atomic E-state index is 0.298. The number of aliphatic hydroxyl groups is 1. The van der Waals surface area contributed by atoms with Gasteiger partial charge in [-0.3, -0.25) is 0 Å². The fourth-order valence-corrected chi connectivity index (χ4v) is 3.10. The molecule has 0 amide bonds. The predicted molar refractivity (Wildman–Crippen MR) is 112 cm³/mol. The lowest BCUT2D eigenvalue weighted by Crippen LogP contribution is -2.13. The van der Waals surface area contributed by atoms with Gasteiger partial charge in [0.15, 0.2) is 0 Å². The number of para-hydroxylation sites is 1. The fraction of sp³-hybridized carbons (Fsp3) is 0.0833. The van der Waals surface area contributed by atoms with Crippen LogP contribution in [0.25, 0.3) is 11.3 Å². The van der Waals surface area contributed by atoms with Gasteiger partial charge in [0.05, 0.1) is 17.1 Å². The molecule has 4 aromatic rings. The summed E-state index contributed by atoms with van der Waals surface area (Å²) in [6.45, 7) is 0. The molecule has 1 unspecified atom stereocenters. The molecular weight excluding hydrogens is 365 g/mol. The van der Waals surface area contributed by atoms with E-state index in [1.165, 1.54) is 12.1 Å². The average molecular weight is 385 g/mol. The van der Waals surface area contributed by atoms with Crippen molar-refractivity contribution in [1.29, 1.82) is 0 Å². The van der Waals surface area contributed by atoms with Crippen LogP contribution in [-0.4, -0.2) is 22.1 Å². The topological polar surface area (TPSA) is 49.2 Å². The fourth-order valence-electron chi connectivity index (χ4n) is 3.10. The first-order valence-corrected chi connectivity index (χ1v) is 9.28. The molecule has 2 heterocycles. The van der Waals surface area contributed by atoms with Gasteiger partial charge < -0.3 is 10.0 Å². The Balaban J connectivity index is 1.62. The van der Waals surface area contributed by atoms with Gasteiger partial charge >= 0.3 is 0 Å². The van der Waals surface area contributed by atoms with Crippen LogP contribution < -0.4 is 4.90 Å². The van der Waals surface area contributed by atoms with E-state index < -0.39 is 6.10 Å². The summed E-state index contributed by atoms with van der Waals surface area (Å²) < 4.78 is 13.2. The number of aliphatic hydroxyl groups excluding tert-OH is 1. The SMILES string of the molecule is CN(c1ccccc1)c1cccc(C(O)c2cccc(-c3ccc(F)cc3)n2)n1. The molecule has 4 nitrogen and oxygen atoms in total. The Morgan fingerprint density at radius 1 is 0.759 bits per heavy atom. The molecule has 0 aliphatic heterocycles. The maximum Gasteiger partial charge on any atom is 0.138 e. The third-order valence-corrected chi connectivity index (χ3v) is 4.71. The highest BCUT2D eigenvalue weighted by Crippen LogP contribution is 2.26. The zero-order valence-electron chi connectivity index (χ0n) is 15.9. The van der Waals surface area contributed by atoms with Gasteiger partial charge in [0.1, 0.15) is 17.7 Å². The third-order valence-electron chi connectivity index (χ3n) is 4.71. The lowest BCUT2D eigenvalue weighted by Gasteiger charge is -2.20. The second kappa shape index (κ2) is 8.20. The van der Waals surface area contributed by atoms with Gasteiger partial charge in [-0.2, -0.15) is 0 Å². The Labute approximate surface area is 168 Å². The summed E-state index contributed by atoms with van der Waals surface area (Å²) in [6.07, 6.45) is -0.973. The molecule has 1 atom stereocenters. The van der Waals surface area contributed by atoms with Crippen molar-refractivity contribution in [3.05, 3.63) is 108 Å². The summed E-state index contributed by atoms with van der Waals surface area (Å²) in [4.78, 5) is 11.1. The van der Waals surface area contributed by atoms with Crippen molar-refractivity contribution in [2.24, 2.45) is 0 Å². The van der Waals surface area contributed by atoms with Gasteiger partial charge in [0, 0.05) is 18.3 Å². The number of nitrogens with zero attached hydrogens (tertiary/aromatic N) is 3. The first kappa shape index (κ1) is 18.8. The molecule has 4 rings (SSSR count). The first-order chi connectivity index (χ1) is 14.1. The lowest BCUT2D eigenvalue weighted by molar-refractivity contribution is 0.210. The molecule has 0 saturated carbocycles. The molecule has 0 spiro atoms. The number of hydrogen-bond acceptors (Lipinski definition) is 4. The number of halogens is 1. The largest absolute Gasteiger partial charge is 0.380 e. The van der Waals surface area contributed by atoms with Gasteiger partial charge in [-0.15, -0.1) is 0 Å². The standard InChI is InChI=1S/C24H20FN3O/c1-28(19-7-3-2-4-8-19)23-12-6-11-22(27-23)24(29)21-10-5-9-20(26-21)17-13-15-18(25)16-14-17/h2-16,24,29H,1H3. The van der Waals surface area contributed by atoms with E-state index in [1.54, 1.807) is 24.3 Å². The van der Waals surface area contributed by atoms with Gasteiger partial charge in [-0.05, 0) is 60.7 Å². The smallest absolute Gasteiger partial charge is 0.138 e. The van der Waals surface area contributed by atoms with Crippen molar-refractivity contribution in [1.82, 2.24) is 9.97 Å². The summed E-state index contributed by atoms with van der Waals surface area (Å²) in [5.41, 5.74) is 3.45. The Morgan fingerprint density at radius 2 is 1.41 bits per heavy atom. The Hall–Kier alpha value is -3.57. The Kier molecular flexibility index (Phi) is 5.31. The summed E-state index contributed by atoms with van der Waals surface area (Å²) >= 11 is 0. The van der Waals surface area contributed by atoms with Crippen LogP contribution in [-0.2, 0) is 0 Å². The number of pyridine rings is 2. The van der Waals surface area contributed by atoms with Crippen LogP contribution in [0.2, 0.25) is 0 Å². The highest BCUT2D eigenvalue weighted by atomic mass is 19.1. The number of anilines is 2. The molecule has 0 aliphatic carbocycles. The van der Waals surface area contributed by atoms with Crippen LogP contribution in [0.4, 0.5) is 15.9 Å². The quantitative estimate of drug-likeness (QED) is 0.517. The van der Waals surface area contributed by atoms with E-state index in [0.29, 0.717) is 17.1 Å². The molecule has 0 fully saturated rings. The van der Waals surface area contributed by atoms with Crippen molar-refractivity contribution in [3.8, 4) is 11.3 Å². The number of rotatable bonds is 5. The summed E-state index contributed by atoms with van der Waals surface area (Å²) in [5, 5.41) is 10.9. The highest BCUT2D eigenvalue weighted by Gasteiger charge is 2.16. The molecule has 0 bridgehead atoms. The molecule has 29 heavy (non-hydrogen) atoms.